The van der Waals surface area contributed by atoms with Crippen LogP contribution in [0.15, 0.2) is 17.5 Å². The van der Waals surface area contributed by atoms with Gasteiger partial charge in [0.1, 0.15) is 6.10 Å². The van der Waals surface area contributed by atoms with Crippen molar-refractivity contribution in [3.8, 4) is 0 Å². The van der Waals surface area contributed by atoms with Gasteiger partial charge in [0.2, 0.25) is 0 Å². The molecule has 0 radical (unpaired) electrons. The number of hydrogen-bond donors (Lipinski definition) is 0. The average molecular weight is 228 g/mol. The Kier molecular flexibility index (Phi) is 3.26. The Hall–Kier alpha value is -1.03. The van der Waals surface area contributed by atoms with Crippen LogP contribution in [0.4, 0.5) is 0 Å². The van der Waals surface area contributed by atoms with Gasteiger partial charge in [0.25, 0.3) is 0 Å². The molecule has 0 amide bonds. The van der Waals surface area contributed by atoms with Gasteiger partial charge >= 0.3 is 0 Å². The zero-order chi connectivity index (χ0) is 10.7. The molecule has 0 aliphatic carbocycles. The van der Waals surface area contributed by atoms with Crippen molar-refractivity contribution in [1.82, 2.24) is 9.78 Å². The van der Waals surface area contributed by atoms with Crippen molar-refractivity contribution in [1.29, 1.82) is 0 Å². The van der Waals surface area contributed by atoms with E-state index in [0.29, 0.717) is 5.88 Å². The van der Waals surface area contributed by atoms with Crippen LogP contribution in [0.2, 0.25) is 0 Å². The van der Waals surface area contributed by atoms with Crippen LogP contribution in [0.1, 0.15) is 25.3 Å². The summed E-state index contributed by atoms with van der Waals surface area (Å²) in [6.45, 7) is 3.06. The molecule has 0 saturated carbocycles. The Morgan fingerprint density at radius 1 is 1.67 bits per heavy atom. The molecule has 1 aromatic heterocycles. The maximum absolute atomic E-state index is 5.70. The van der Waals surface area contributed by atoms with Crippen LogP contribution < -0.4 is 0 Å². The second-order valence-electron chi connectivity index (χ2n) is 3.62. The molecule has 4 nitrogen and oxygen atoms in total. The zero-order valence-corrected chi connectivity index (χ0v) is 9.44. The van der Waals surface area contributed by atoms with Gasteiger partial charge in [-0.1, -0.05) is 12.1 Å². The monoisotopic (exact) mass is 227 g/mol. The SMILES string of the molecule is CCCn1cc(C2=NOC(CCl)C2)cn1. The quantitative estimate of drug-likeness (QED) is 0.739. The van der Waals surface area contributed by atoms with Crippen molar-refractivity contribution in [3.05, 3.63) is 18.0 Å². The number of alkyl halides is 1. The standard InChI is InChI=1S/C10H14ClN3O/c1-2-3-14-7-8(6-12-14)10-4-9(5-11)15-13-10/h6-7,9H,2-5H2,1H3. The Balaban J connectivity index is 2.04. The molecule has 1 aromatic rings. The molecule has 0 N–H and O–H groups in total. The first-order chi connectivity index (χ1) is 7.33. The van der Waals surface area contributed by atoms with E-state index < -0.39 is 0 Å². The highest BCUT2D eigenvalue weighted by Gasteiger charge is 2.21. The largest absolute Gasteiger partial charge is 0.391 e. The lowest BCUT2D eigenvalue weighted by atomic mass is 10.1. The van der Waals surface area contributed by atoms with Gasteiger partial charge in [-0.05, 0) is 6.42 Å². The van der Waals surface area contributed by atoms with E-state index in [1.165, 1.54) is 0 Å². The highest BCUT2D eigenvalue weighted by molar-refractivity contribution is 6.18. The molecule has 0 saturated heterocycles. The van der Waals surface area contributed by atoms with Crippen molar-refractivity contribution >= 4 is 17.3 Å². The van der Waals surface area contributed by atoms with E-state index >= 15 is 0 Å². The molecule has 1 unspecified atom stereocenters. The van der Waals surface area contributed by atoms with Crippen molar-refractivity contribution in [2.45, 2.75) is 32.4 Å². The van der Waals surface area contributed by atoms with Gasteiger partial charge in [-0.3, -0.25) is 4.68 Å². The fraction of sp³-hybridized carbons (Fsp3) is 0.600. The number of halogens is 1. The van der Waals surface area contributed by atoms with Gasteiger partial charge in [0, 0.05) is 24.7 Å². The highest BCUT2D eigenvalue weighted by Crippen LogP contribution is 2.17. The second kappa shape index (κ2) is 4.66. The van der Waals surface area contributed by atoms with Gasteiger partial charge in [-0.2, -0.15) is 5.10 Å². The van der Waals surface area contributed by atoms with Crippen LogP contribution in [-0.2, 0) is 11.4 Å². The summed E-state index contributed by atoms with van der Waals surface area (Å²) >= 11 is 5.70. The highest BCUT2D eigenvalue weighted by atomic mass is 35.5. The van der Waals surface area contributed by atoms with Crippen molar-refractivity contribution in [2.75, 3.05) is 5.88 Å². The van der Waals surface area contributed by atoms with Gasteiger partial charge in [-0.25, -0.2) is 0 Å². The lowest BCUT2D eigenvalue weighted by Crippen LogP contribution is -2.09. The molecule has 1 aliphatic rings. The number of rotatable bonds is 4. The Bertz CT molecular complexity index is 361. The molecule has 0 spiro atoms. The third kappa shape index (κ3) is 2.31. The lowest BCUT2D eigenvalue weighted by Gasteiger charge is -1.99. The van der Waals surface area contributed by atoms with Crippen molar-refractivity contribution < 1.29 is 4.84 Å². The van der Waals surface area contributed by atoms with E-state index in [-0.39, 0.29) is 6.10 Å². The fourth-order valence-corrected chi connectivity index (χ4v) is 1.71. The normalized spacial score (nSPS) is 20.1. The molecule has 0 fully saturated rings. The predicted octanol–water partition coefficient (Wildman–Crippen LogP) is 2.02. The van der Waals surface area contributed by atoms with E-state index in [4.69, 9.17) is 16.4 Å². The predicted molar refractivity (Wildman–Crippen MR) is 59.3 cm³/mol. The van der Waals surface area contributed by atoms with Crippen LogP contribution in [0.5, 0.6) is 0 Å². The van der Waals surface area contributed by atoms with E-state index in [0.717, 1.165) is 30.7 Å². The summed E-state index contributed by atoms with van der Waals surface area (Å²) in [6, 6.07) is 0. The van der Waals surface area contributed by atoms with Crippen molar-refractivity contribution in [3.63, 3.8) is 0 Å². The number of hydrogen-bond acceptors (Lipinski definition) is 3. The third-order valence-electron chi connectivity index (χ3n) is 2.32. The van der Waals surface area contributed by atoms with Crippen LogP contribution >= 0.6 is 11.6 Å². The van der Waals surface area contributed by atoms with Crippen LogP contribution in [0.3, 0.4) is 0 Å². The smallest absolute Gasteiger partial charge is 0.146 e. The molecular formula is C10H14ClN3O. The summed E-state index contributed by atoms with van der Waals surface area (Å²) in [5.41, 5.74) is 1.99. The van der Waals surface area contributed by atoms with Gasteiger partial charge in [0.05, 0.1) is 17.8 Å². The summed E-state index contributed by atoms with van der Waals surface area (Å²) in [6.07, 6.45) is 5.71. The lowest BCUT2D eigenvalue weighted by molar-refractivity contribution is 0.102. The Morgan fingerprint density at radius 2 is 2.53 bits per heavy atom. The Morgan fingerprint density at radius 3 is 3.20 bits per heavy atom. The first-order valence-electron chi connectivity index (χ1n) is 5.15. The summed E-state index contributed by atoms with van der Waals surface area (Å²) in [7, 11) is 0. The molecule has 1 atom stereocenters. The molecule has 2 rings (SSSR count). The number of oxime groups is 1. The molecule has 1 aliphatic heterocycles. The first kappa shape index (κ1) is 10.5. The third-order valence-corrected chi connectivity index (χ3v) is 2.67. The number of nitrogens with zero attached hydrogens (tertiary/aromatic N) is 3. The number of aryl methyl sites for hydroxylation is 1. The van der Waals surface area contributed by atoms with Gasteiger partial charge in [0.15, 0.2) is 0 Å². The molecule has 2 heterocycles. The average Bonchev–Trinajstić information content (AvgIpc) is 2.85. The summed E-state index contributed by atoms with van der Waals surface area (Å²) in [5.74, 6) is 0.482. The van der Waals surface area contributed by atoms with Crippen LogP contribution in [0, 0.1) is 0 Å². The zero-order valence-electron chi connectivity index (χ0n) is 8.69. The molecule has 0 aromatic carbocycles. The number of aromatic nitrogens is 2. The molecule has 15 heavy (non-hydrogen) atoms. The fourth-order valence-electron chi connectivity index (χ4n) is 1.55. The van der Waals surface area contributed by atoms with E-state index in [1.54, 1.807) is 0 Å². The summed E-state index contributed by atoms with van der Waals surface area (Å²) in [4.78, 5) is 5.16. The van der Waals surface area contributed by atoms with Gasteiger partial charge < -0.3 is 4.84 Å². The minimum absolute atomic E-state index is 0.0243. The van der Waals surface area contributed by atoms with Gasteiger partial charge in [-0.15, -0.1) is 11.6 Å². The first-order valence-corrected chi connectivity index (χ1v) is 5.68. The summed E-state index contributed by atoms with van der Waals surface area (Å²) < 4.78 is 1.92. The molecule has 0 bridgehead atoms. The van der Waals surface area contributed by atoms with Crippen LogP contribution in [0.25, 0.3) is 0 Å². The maximum Gasteiger partial charge on any atom is 0.146 e. The van der Waals surface area contributed by atoms with Crippen LogP contribution in [-0.4, -0.2) is 27.5 Å². The topological polar surface area (TPSA) is 39.4 Å². The molecular weight excluding hydrogens is 214 g/mol. The second-order valence-corrected chi connectivity index (χ2v) is 3.92. The van der Waals surface area contributed by atoms with E-state index in [1.807, 2.05) is 17.1 Å². The minimum atomic E-state index is 0.0243. The van der Waals surface area contributed by atoms with E-state index in [2.05, 4.69) is 17.2 Å². The molecule has 5 heteroatoms. The van der Waals surface area contributed by atoms with Crippen molar-refractivity contribution in [2.24, 2.45) is 5.16 Å². The summed E-state index contributed by atoms with van der Waals surface area (Å²) in [5, 5.41) is 8.26. The Labute approximate surface area is 93.9 Å². The minimum Gasteiger partial charge on any atom is -0.391 e. The van der Waals surface area contributed by atoms with E-state index in [9.17, 15) is 0 Å². The molecule has 82 valence electrons. The maximum atomic E-state index is 5.70.